The zero-order valence-corrected chi connectivity index (χ0v) is 17.0. The van der Waals surface area contributed by atoms with Gasteiger partial charge >= 0.3 is 6.03 Å². The van der Waals surface area contributed by atoms with Gasteiger partial charge < -0.3 is 30.7 Å². The van der Waals surface area contributed by atoms with Gasteiger partial charge in [-0.25, -0.2) is 4.79 Å². The van der Waals surface area contributed by atoms with E-state index < -0.39 is 30.3 Å². The van der Waals surface area contributed by atoms with Gasteiger partial charge in [0.05, 0.1) is 18.2 Å². The number of Topliss-reactive ketones (excluding diaryl/α,β-unsaturated/α-hetero) is 1. The fraction of sp³-hybridized carbons (Fsp3) is 0.500. The molecule has 1 saturated heterocycles. The van der Waals surface area contributed by atoms with Crippen molar-refractivity contribution in [2.45, 2.75) is 57.3 Å². The number of carbonyl (C=O) groups is 2. The molecule has 0 radical (unpaired) electrons. The number of rotatable bonds is 7. The van der Waals surface area contributed by atoms with Crippen molar-refractivity contribution in [3.8, 4) is 5.75 Å². The first-order chi connectivity index (χ1) is 14.3. The first-order valence-electron chi connectivity index (χ1n) is 9.89. The van der Waals surface area contributed by atoms with E-state index in [1.165, 1.54) is 18.7 Å². The fourth-order valence-electron chi connectivity index (χ4n) is 3.47. The highest BCUT2D eigenvalue weighted by Crippen LogP contribution is 2.23. The maximum Gasteiger partial charge on any atom is 0.318 e. The SMILES string of the molecule is CC(=O)[C@@H]1CCCN1C(=O)N[C@@H](Cc1ccc(O)cc1)c1nc([C@@H](N)C(C)O)no1. The molecule has 0 spiro atoms. The molecule has 0 aliphatic carbocycles. The van der Waals surface area contributed by atoms with Crippen molar-refractivity contribution in [1.29, 1.82) is 0 Å². The summed E-state index contributed by atoms with van der Waals surface area (Å²) in [6.45, 7) is 3.49. The first kappa shape index (κ1) is 21.7. The summed E-state index contributed by atoms with van der Waals surface area (Å²) in [7, 11) is 0. The predicted molar refractivity (Wildman–Crippen MR) is 106 cm³/mol. The predicted octanol–water partition coefficient (Wildman–Crippen LogP) is 1.20. The van der Waals surface area contributed by atoms with Gasteiger partial charge in [0.15, 0.2) is 11.6 Å². The molecular formula is C20H27N5O5. The Morgan fingerprint density at radius 1 is 1.37 bits per heavy atom. The summed E-state index contributed by atoms with van der Waals surface area (Å²) in [5.74, 6) is 0.346. The van der Waals surface area contributed by atoms with Gasteiger partial charge in [-0.05, 0) is 44.4 Å². The maximum absolute atomic E-state index is 12.9. The number of benzene rings is 1. The van der Waals surface area contributed by atoms with E-state index in [2.05, 4.69) is 15.5 Å². The molecule has 162 valence electrons. The number of aromatic hydroxyl groups is 1. The molecule has 3 rings (SSSR count). The molecule has 0 saturated carbocycles. The largest absolute Gasteiger partial charge is 0.508 e. The molecule has 10 nitrogen and oxygen atoms in total. The van der Waals surface area contributed by atoms with E-state index in [4.69, 9.17) is 10.3 Å². The fourth-order valence-corrected chi connectivity index (χ4v) is 3.47. The van der Waals surface area contributed by atoms with Crippen LogP contribution in [-0.4, -0.2) is 55.8 Å². The zero-order chi connectivity index (χ0) is 21.8. The lowest BCUT2D eigenvalue weighted by atomic mass is 10.1. The Morgan fingerprint density at radius 3 is 2.70 bits per heavy atom. The number of aliphatic hydroxyl groups is 1. The summed E-state index contributed by atoms with van der Waals surface area (Å²) in [6.07, 6.45) is 0.838. The number of aromatic nitrogens is 2. The van der Waals surface area contributed by atoms with Crippen LogP contribution in [0.3, 0.4) is 0 Å². The van der Waals surface area contributed by atoms with Gasteiger partial charge in [0.1, 0.15) is 11.8 Å². The summed E-state index contributed by atoms with van der Waals surface area (Å²) in [4.78, 5) is 30.5. The minimum atomic E-state index is -0.874. The van der Waals surface area contributed by atoms with Crippen LogP contribution < -0.4 is 11.1 Å². The molecule has 1 unspecified atom stereocenters. The third-order valence-corrected chi connectivity index (χ3v) is 5.23. The number of nitrogens with zero attached hydrogens (tertiary/aromatic N) is 3. The maximum atomic E-state index is 12.9. The second-order valence-corrected chi connectivity index (χ2v) is 7.59. The van der Waals surface area contributed by atoms with Gasteiger partial charge in [0.25, 0.3) is 0 Å². The third kappa shape index (κ3) is 4.95. The van der Waals surface area contributed by atoms with Crippen LogP contribution in [-0.2, 0) is 11.2 Å². The van der Waals surface area contributed by atoms with Crippen LogP contribution in [0.5, 0.6) is 5.75 Å². The number of aliphatic hydroxyl groups excluding tert-OH is 1. The van der Waals surface area contributed by atoms with Gasteiger partial charge in [-0.3, -0.25) is 4.79 Å². The smallest absolute Gasteiger partial charge is 0.318 e. The number of phenols is 1. The van der Waals surface area contributed by atoms with E-state index >= 15 is 0 Å². The van der Waals surface area contributed by atoms with E-state index in [1.807, 2.05) is 0 Å². The number of ketones is 1. The topological polar surface area (TPSA) is 155 Å². The van der Waals surface area contributed by atoms with Crippen LogP contribution in [0.1, 0.15) is 56.1 Å². The number of hydrogen-bond donors (Lipinski definition) is 4. The van der Waals surface area contributed by atoms with Crippen LogP contribution in [0.4, 0.5) is 4.79 Å². The summed E-state index contributed by atoms with van der Waals surface area (Å²) >= 11 is 0. The normalized spacial score (nSPS) is 19.3. The highest BCUT2D eigenvalue weighted by atomic mass is 16.5. The second kappa shape index (κ2) is 9.23. The summed E-state index contributed by atoms with van der Waals surface area (Å²) < 4.78 is 5.33. The molecule has 2 aromatic rings. The van der Waals surface area contributed by atoms with E-state index in [-0.39, 0.29) is 23.2 Å². The standard InChI is InChI=1S/C20H27N5O5/c1-11(26)16-4-3-9-25(16)20(29)22-15(10-13-5-7-14(28)8-6-13)19-23-18(24-30-19)17(21)12(2)27/h5-8,12,15-17,27-28H,3-4,9-10,21H2,1-2H3,(H,22,29)/t12?,15-,16-,17-/m0/s1. The highest BCUT2D eigenvalue weighted by molar-refractivity contribution is 5.87. The molecule has 0 bridgehead atoms. The zero-order valence-electron chi connectivity index (χ0n) is 17.0. The number of nitrogens with one attached hydrogen (secondary N) is 1. The van der Waals surface area contributed by atoms with Crippen molar-refractivity contribution in [2.24, 2.45) is 5.73 Å². The Hall–Kier alpha value is -2.98. The Morgan fingerprint density at radius 2 is 2.07 bits per heavy atom. The molecule has 5 N–H and O–H groups in total. The lowest BCUT2D eigenvalue weighted by Gasteiger charge is -2.25. The van der Waals surface area contributed by atoms with Crippen LogP contribution in [0.15, 0.2) is 28.8 Å². The average Bonchev–Trinajstić information content (AvgIpc) is 3.38. The quantitative estimate of drug-likeness (QED) is 0.524. The van der Waals surface area contributed by atoms with Crippen LogP contribution in [0.25, 0.3) is 0 Å². The van der Waals surface area contributed by atoms with Crippen LogP contribution >= 0.6 is 0 Å². The van der Waals surface area contributed by atoms with E-state index in [9.17, 15) is 19.8 Å². The molecular weight excluding hydrogens is 390 g/mol. The van der Waals surface area contributed by atoms with E-state index in [0.717, 1.165) is 12.0 Å². The van der Waals surface area contributed by atoms with Crippen molar-refractivity contribution < 1.29 is 24.3 Å². The summed E-state index contributed by atoms with van der Waals surface area (Å²) in [5.41, 5.74) is 6.70. The van der Waals surface area contributed by atoms with Crippen molar-refractivity contribution in [3.63, 3.8) is 0 Å². The molecule has 4 atom stereocenters. The minimum Gasteiger partial charge on any atom is -0.508 e. The molecule has 30 heavy (non-hydrogen) atoms. The Bertz CT molecular complexity index is 882. The highest BCUT2D eigenvalue weighted by Gasteiger charge is 2.34. The molecule has 1 fully saturated rings. The van der Waals surface area contributed by atoms with Gasteiger partial charge in [0.2, 0.25) is 5.89 Å². The summed E-state index contributed by atoms with van der Waals surface area (Å²) in [6, 6.07) is 4.19. The first-order valence-corrected chi connectivity index (χ1v) is 9.89. The Labute approximate surface area is 174 Å². The number of phenolic OH excluding ortho intramolecular Hbond substituents is 1. The Kier molecular flexibility index (Phi) is 6.68. The van der Waals surface area contributed by atoms with Crippen molar-refractivity contribution in [3.05, 3.63) is 41.5 Å². The molecule has 1 aromatic carbocycles. The lowest BCUT2D eigenvalue weighted by molar-refractivity contribution is -0.120. The average molecular weight is 417 g/mol. The number of nitrogens with two attached hydrogens (primary N) is 1. The Balaban J connectivity index is 1.83. The van der Waals surface area contributed by atoms with Gasteiger partial charge in [-0.2, -0.15) is 4.98 Å². The molecule has 2 heterocycles. The second-order valence-electron chi connectivity index (χ2n) is 7.59. The van der Waals surface area contributed by atoms with Crippen LogP contribution in [0.2, 0.25) is 0 Å². The number of likely N-dealkylation sites (tertiary alicyclic amines) is 1. The van der Waals surface area contributed by atoms with E-state index in [0.29, 0.717) is 19.4 Å². The number of carbonyl (C=O) groups excluding carboxylic acids is 2. The number of urea groups is 1. The molecule has 1 aromatic heterocycles. The van der Waals surface area contributed by atoms with Crippen molar-refractivity contribution in [2.75, 3.05) is 6.54 Å². The van der Waals surface area contributed by atoms with Crippen LogP contribution in [0, 0.1) is 0 Å². The number of hydrogen-bond acceptors (Lipinski definition) is 8. The number of amides is 2. The molecule has 2 amide bonds. The lowest BCUT2D eigenvalue weighted by Crippen LogP contribution is -2.46. The monoisotopic (exact) mass is 417 g/mol. The van der Waals surface area contributed by atoms with Gasteiger partial charge in [-0.1, -0.05) is 17.3 Å². The van der Waals surface area contributed by atoms with Gasteiger partial charge in [0, 0.05) is 13.0 Å². The molecule has 1 aliphatic rings. The molecule has 10 heteroatoms. The van der Waals surface area contributed by atoms with Crippen molar-refractivity contribution >= 4 is 11.8 Å². The summed E-state index contributed by atoms with van der Waals surface area (Å²) in [5, 5.41) is 25.9. The van der Waals surface area contributed by atoms with E-state index in [1.54, 1.807) is 24.3 Å². The van der Waals surface area contributed by atoms with Gasteiger partial charge in [-0.15, -0.1) is 0 Å². The minimum absolute atomic E-state index is 0.0549. The van der Waals surface area contributed by atoms with Crippen molar-refractivity contribution in [1.82, 2.24) is 20.4 Å². The third-order valence-electron chi connectivity index (χ3n) is 5.23. The molecule has 1 aliphatic heterocycles.